The molecular formula is C27H19N3O3. The van der Waals surface area contributed by atoms with Crippen LogP contribution in [0.5, 0.6) is 11.5 Å². The van der Waals surface area contributed by atoms with Crippen molar-refractivity contribution in [1.29, 1.82) is 0 Å². The van der Waals surface area contributed by atoms with Crippen LogP contribution >= 0.6 is 0 Å². The lowest BCUT2D eigenvalue weighted by Gasteiger charge is -2.12. The Hall–Kier alpha value is -4.71. The summed E-state index contributed by atoms with van der Waals surface area (Å²) in [5.41, 5.74) is 1.06. The largest absolute Gasteiger partial charge is 0.457 e. The minimum Gasteiger partial charge on any atom is -0.457 e. The average molecular weight is 433 g/mol. The highest BCUT2D eigenvalue weighted by Gasteiger charge is 2.17. The second-order valence-corrected chi connectivity index (χ2v) is 7.34. The summed E-state index contributed by atoms with van der Waals surface area (Å²) in [6.07, 6.45) is 0. The molecule has 4 aromatic carbocycles. The number of anilines is 1. The van der Waals surface area contributed by atoms with Gasteiger partial charge in [0, 0.05) is 11.1 Å². The van der Waals surface area contributed by atoms with Crippen molar-refractivity contribution in [3.63, 3.8) is 0 Å². The smallest absolute Gasteiger partial charge is 0.279 e. The molecule has 5 aromatic rings. The highest BCUT2D eigenvalue weighted by Crippen LogP contribution is 2.23. The number of nitrogens with zero attached hydrogens (tertiary/aromatic N) is 2. The number of hydrogen-bond acceptors (Lipinski definition) is 4. The van der Waals surface area contributed by atoms with E-state index in [-0.39, 0.29) is 11.3 Å². The van der Waals surface area contributed by atoms with Gasteiger partial charge in [0.05, 0.1) is 11.1 Å². The predicted octanol–water partition coefficient (Wildman–Crippen LogP) is 5.43. The zero-order valence-electron chi connectivity index (χ0n) is 17.5. The van der Waals surface area contributed by atoms with Gasteiger partial charge < -0.3 is 10.1 Å². The molecule has 0 saturated heterocycles. The molecule has 0 atom stereocenters. The molecule has 1 aromatic heterocycles. The quantitative estimate of drug-likeness (QED) is 0.401. The molecule has 0 fully saturated rings. The van der Waals surface area contributed by atoms with Gasteiger partial charge in [-0.2, -0.15) is 9.78 Å². The standard InChI is InChI=1S/C27H19N3O3/c31-26(28-19-15-17-22(18-16-19)33-21-11-5-2-6-12-21)25-23-13-7-8-14-24(23)27(32)30(29-25)20-9-3-1-4-10-20/h1-18H,(H,28,31). The summed E-state index contributed by atoms with van der Waals surface area (Å²) in [4.78, 5) is 26.2. The molecule has 0 aliphatic carbocycles. The Kier molecular flexibility index (Phi) is 5.39. The van der Waals surface area contributed by atoms with Gasteiger partial charge in [0.1, 0.15) is 11.5 Å². The number of ether oxygens (including phenoxy) is 1. The third kappa shape index (κ3) is 4.22. The maximum Gasteiger partial charge on any atom is 0.279 e. The van der Waals surface area contributed by atoms with E-state index in [0.717, 1.165) is 5.75 Å². The maximum absolute atomic E-state index is 13.2. The second kappa shape index (κ2) is 8.80. The van der Waals surface area contributed by atoms with E-state index in [2.05, 4.69) is 10.4 Å². The number of para-hydroxylation sites is 2. The Labute approximate surface area is 189 Å². The molecule has 0 aliphatic rings. The van der Waals surface area contributed by atoms with Crippen LogP contribution in [0.2, 0.25) is 0 Å². The van der Waals surface area contributed by atoms with Crippen LogP contribution in [0.25, 0.3) is 16.5 Å². The average Bonchev–Trinajstić information content (AvgIpc) is 2.87. The van der Waals surface area contributed by atoms with E-state index >= 15 is 0 Å². The van der Waals surface area contributed by atoms with Crippen LogP contribution in [0.4, 0.5) is 5.69 Å². The summed E-state index contributed by atoms with van der Waals surface area (Å²) < 4.78 is 7.05. The fourth-order valence-electron chi connectivity index (χ4n) is 3.52. The first-order valence-corrected chi connectivity index (χ1v) is 10.4. The first kappa shape index (κ1) is 20.2. The van der Waals surface area contributed by atoms with Crippen molar-refractivity contribution >= 4 is 22.4 Å². The molecule has 0 saturated carbocycles. The predicted molar refractivity (Wildman–Crippen MR) is 128 cm³/mol. The second-order valence-electron chi connectivity index (χ2n) is 7.34. The molecule has 0 radical (unpaired) electrons. The molecule has 1 heterocycles. The van der Waals surface area contributed by atoms with Crippen molar-refractivity contribution in [3.8, 4) is 17.2 Å². The minimum absolute atomic E-state index is 0.165. The van der Waals surface area contributed by atoms with Crippen LogP contribution in [0.3, 0.4) is 0 Å². The van der Waals surface area contributed by atoms with Crippen LogP contribution in [-0.4, -0.2) is 15.7 Å². The van der Waals surface area contributed by atoms with E-state index in [0.29, 0.717) is 27.9 Å². The van der Waals surface area contributed by atoms with E-state index in [9.17, 15) is 9.59 Å². The van der Waals surface area contributed by atoms with Gasteiger partial charge in [-0.25, -0.2) is 0 Å². The minimum atomic E-state index is -0.410. The Bertz CT molecular complexity index is 1480. The lowest BCUT2D eigenvalue weighted by Crippen LogP contribution is -2.26. The molecule has 0 spiro atoms. The lowest BCUT2D eigenvalue weighted by atomic mass is 10.1. The van der Waals surface area contributed by atoms with Gasteiger partial charge in [-0.05, 0) is 54.6 Å². The fourth-order valence-corrected chi connectivity index (χ4v) is 3.52. The van der Waals surface area contributed by atoms with Crippen LogP contribution in [0, 0.1) is 0 Å². The van der Waals surface area contributed by atoms with Crippen LogP contribution in [0.15, 0.2) is 114 Å². The zero-order chi connectivity index (χ0) is 22.6. The molecule has 1 N–H and O–H groups in total. The Morgan fingerprint density at radius 1 is 0.697 bits per heavy atom. The summed E-state index contributed by atoms with van der Waals surface area (Å²) in [7, 11) is 0. The number of hydrogen-bond donors (Lipinski definition) is 1. The first-order valence-electron chi connectivity index (χ1n) is 10.4. The van der Waals surface area contributed by atoms with E-state index in [4.69, 9.17) is 4.74 Å². The molecule has 0 bridgehead atoms. The Morgan fingerprint density at radius 3 is 1.97 bits per heavy atom. The van der Waals surface area contributed by atoms with E-state index < -0.39 is 5.91 Å². The number of carbonyl (C=O) groups excluding carboxylic acids is 1. The molecule has 5 rings (SSSR count). The highest BCUT2D eigenvalue weighted by molar-refractivity contribution is 6.11. The molecular weight excluding hydrogens is 414 g/mol. The SMILES string of the molecule is O=C(Nc1ccc(Oc2ccccc2)cc1)c1nn(-c2ccccc2)c(=O)c2ccccc12. The molecule has 33 heavy (non-hydrogen) atoms. The number of fused-ring (bicyclic) bond motifs is 1. The third-order valence-electron chi connectivity index (χ3n) is 5.11. The summed E-state index contributed by atoms with van der Waals surface area (Å²) in [5, 5.41) is 8.20. The molecule has 1 amide bonds. The number of amides is 1. The van der Waals surface area contributed by atoms with Gasteiger partial charge in [0.15, 0.2) is 5.69 Å². The van der Waals surface area contributed by atoms with Gasteiger partial charge in [0.2, 0.25) is 0 Å². The van der Waals surface area contributed by atoms with E-state index in [1.807, 2.05) is 48.5 Å². The van der Waals surface area contributed by atoms with Crippen molar-refractivity contribution in [1.82, 2.24) is 9.78 Å². The van der Waals surface area contributed by atoms with Crippen molar-refractivity contribution < 1.29 is 9.53 Å². The van der Waals surface area contributed by atoms with E-state index in [1.165, 1.54) is 4.68 Å². The molecule has 0 aliphatic heterocycles. The van der Waals surface area contributed by atoms with Gasteiger partial charge >= 0.3 is 0 Å². The van der Waals surface area contributed by atoms with Crippen LogP contribution in [-0.2, 0) is 0 Å². The van der Waals surface area contributed by atoms with Gasteiger partial charge in [-0.15, -0.1) is 0 Å². The van der Waals surface area contributed by atoms with Gasteiger partial charge in [-0.1, -0.05) is 54.6 Å². The highest BCUT2D eigenvalue weighted by atomic mass is 16.5. The number of benzene rings is 4. The summed E-state index contributed by atoms with van der Waals surface area (Å²) in [6.45, 7) is 0. The van der Waals surface area contributed by atoms with Gasteiger partial charge in [0.25, 0.3) is 11.5 Å². The third-order valence-corrected chi connectivity index (χ3v) is 5.11. The monoisotopic (exact) mass is 433 g/mol. The normalized spacial score (nSPS) is 10.7. The lowest BCUT2D eigenvalue weighted by molar-refractivity contribution is 0.102. The van der Waals surface area contributed by atoms with Crippen molar-refractivity contribution in [2.45, 2.75) is 0 Å². The van der Waals surface area contributed by atoms with E-state index in [1.54, 1.807) is 60.7 Å². The van der Waals surface area contributed by atoms with Crippen LogP contribution in [0.1, 0.15) is 10.5 Å². The van der Waals surface area contributed by atoms with Gasteiger partial charge in [-0.3, -0.25) is 9.59 Å². The number of carbonyl (C=O) groups is 1. The fraction of sp³-hybridized carbons (Fsp3) is 0. The maximum atomic E-state index is 13.2. The molecule has 0 unspecified atom stereocenters. The number of aromatic nitrogens is 2. The van der Waals surface area contributed by atoms with Crippen molar-refractivity contribution in [2.75, 3.05) is 5.32 Å². The topological polar surface area (TPSA) is 73.2 Å². The van der Waals surface area contributed by atoms with Crippen molar-refractivity contribution in [2.24, 2.45) is 0 Å². The van der Waals surface area contributed by atoms with Crippen LogP contribution < -0.4 is 15.6 Å². The molecule has 160 valence electrons. The molecule has 6 heteroatoms. The first-order chi connectivity index (χ1) is 16.2. The Morgan fingerprint density at radius 2 is 1.27 bits per heavy atom. The zero-order valence-corrected chi connectivity index (χ0v) is 17.5. The Balaban J connectivity index is 1.46. The molecule has 6 nitrogen and oxygen atoms in total. The summed E-state index contributed by atoms with van der Waals surface area (Å²) in [6, 6.07) is 32.5. The summed E-state index contributed by atoms with van der Waals surface area (Å²) >= 11 is 0. The number of nitrogens with one attached hydrogen (secondary N) is 1. The van der Waals surface area contributed by atoms with Crippen molar-refractivity contribution in [3.05, 3.63) is 125 Å². The number of rotatable bonds is 5. The summed E-state index contributed by atoms with van der Waals surface area (Å²) in [5.74, 6) is 0.973.